The third-order valence-corrected chi connectivity index (χ3v) is 5.05. The molecule has 0 saturated heterocycles. The van der Waals surface area contributed by atoms with Crippen LogP contribution in [0, 0.1) is 0 Å². The normalized spacial score (nSPS) is 10.1. The minimum absolute atomic E-state index is 0.412. The van der Waals surface area contributed by atoms with Gasteiger partial charge in [-0.05, 0) is 42.3 Å². The van der Waals surface area contributed by atoms with Crippen LogP contribution >= 0.6 is 0 Å². The van der Waals surface area contributed by atoms with Gasteiger partial charge in [-0.3, -0.25) is 5.10 Å². The zero-order chi connectivity index (χ0) is 33.3. The van der Waals surface area contributed by atoms with Crippen LogP contribution in [0.5, 0.6) is 0 Å². The number of hydrogen-bond acceptors (Lipinski definition) is 6. The molecular weight excluding hydrogens is 549 g/mol. The number of aromatic nitrogens is 5. The van der Waals surface area contributed by atoms with Gasteiger partial charge in [0.05, 0.1) is 0 Å². The van der Waals surface area contributed by atoms with Gasteiger partial charge >= 0.3 is 0 Å². The number of anilines is 3. The van der Waals surface area contributed by atoms with Crippen molar-refractivity contribution in [1.29, 1.82) is 0 Å². The molecule has 8 heteroatoms. The lowest BCUT2D eigenvalue weighted by atomic mass is 10.1. The molecule has 3 N–H and O–H groups in total. The highest BCUT2D eigenvalue weighted by molar-refractivity contribution is 5.76. The van der Waals surface area contributed by atoms with Crippen LogP contribution < -0.4 is 10.6 Å². The molecule has 2 aromatic heterocycles. The van der Waals surface area contributed by atoms with E-state index in [9.17, 15) is 4.39 Å². The van der Waals surface area contributed by atoms with Crippen molar-refractivity contribution in [3.63, 3.8) is 0 Å². The number of benzene rings is 2. The van der Waals surface area contributed by atoms with Crippen LogP contribution in [0.1, 0.15) is 79.9 Å². The van der Waals surface area contributed by atoms with Gasteiger partial charge in [0.1, 0.15) is 5.83 Å². The molecule has 0 aliphatic rings. The molecule has 0 bridgehead atoms. The molecule has 0 aliphatic carbocycles. The van der Waals surface area contributed by atoms with Crippen LogP contribution in [-0.2, 0) is 0 Å². The number of rotatable bonds is 9. The van der Waals surface area contributed by atoms with Crippen molar-refractivity contribution >= 4 is 28.9 Å². The van der Waals surface area contributed by atoms with Crippen LogP contribution in [0.25, 0.3) is 22.7 Å². The molecule has 0 unspecified atom stereocenters. The summed E-state index contributed by atoms with van der Waals surface area (Å²) in [5.41, 5.74) is 4.57. The standard InChI is InChI=1S/C27H24FN7.C3H8.3C2H6/c1-4-19(14-23(28)5-2)22-16-29-26(30-17-22)32-24-13-9-12-21(15-24)18(3)31-27-33-25(34-35-27)20-10-7-6-8-11-20;1-3-2;3*1-2/h4-17H,2-3H2,1H3,(H,29,30,32)(H2,31,33,34,35);3H2,1-2H3;3*1-2H3/b19-4+,23-14+;;;;. The topological polar surface area (TPSA) is 91.4 Å². The summed E-state index contributed by atoms with van der Waals surface area (Å²) in [6.45, 7) is 25.6. The second-order valence-electron chi connectivity index (χ2n) is 8.16. The fourth-order valence-corrected chi connectivity index (χ4v) is 3.25. The lowest BCUT2D eigenvalue weighted by Crippen LogP contribution is -2.01. The molecule has 0 fully saturated rings. The molecule has 0 amide bonds. The second kappa shape index (κ2) is 23.7. The van der Waals surface area contributed by atoms with Crippen LogP contribution in [0.2, 0.25) is 0 Å². The monoisotopic (exact) mass is 599 g/mol. The van der Waals surface area contributed by atoms with Crippen molar-refractivity contribution in [2.24, 2.45) is 0 Å². The summed E-state index contributed by atoms with van der Waals surface area (Å²) in [4.78, 5) is 13.2. The van der Waals surface area contributed by atoms with Crippen molar-refractivity contribution in [1.82, 2.24) is 25.1 Å². The third-order valence-electron chi connectivity index (χ3n) is 5.05. The smallest absolute Gasteiger partial charge is 0.246 e. The van der Waals surface area contributed by atoms with E-state index < -0.39 is 5.83 Å². The van der Waals surface area contributed by atoms with E-state index in [0.29, 0.717) is 34.6 Å². The zero-order valence-electron chi connectivity index (χ0n) is 27.9. The van der Waals surface area contributed by atoms with E-state index in [-0.39, 0.29) is 0 Å². The molecule has 2 aromatic carbocycles. The molecule has 2 heterocycles. The van der Waals surface area contributed by atoms with Gasteiger partial charge in [0.2, 0.25) is 11.9 Å². The highest BCUT2D eigenvalue weighted by atomic mass is 19.1. The molecular formula is C36H50FN7. The number of halogens is 1. The van der Waals surface area contributed by atoms with Crippen molar-refractivity contribution in [2.75, 3.05) is 10.6 Å². The molecule has 4 aromatic rings. The lowest BCUT2D eigenvalue weighted by Gasteiger charge is -2.10. The van der Waals surface area contributed by atoms with Crippen LogP contribution in [0.15, 0.2) is 104 Å². The van der Waals surface area contributed by atoms with Crippen molar-refractivity contribution < 1.29 is 4.39 Å². The quantitative estimate of drug-likeness (QED) is 0.166. The number of hydrogen-bond donors (Lipinski definition) is 3. The molecule has 0 saturated carbocycles. The Hall–Kier alpha value is -4.85. The van der Waals surface area contributed by atoms with Gasteiger partial charge in [-0.25, -0.2) is 14.4 Å². The van der Waals surface area contributed by atoms with E-state index in [1.807, 2.05) is 103 Å². The first kappa shape index (κ1) is 39.1. The van der Waals surface area contributed by atoms with E-state index in [4.69, 9.17) is 0 Å². The summed E-state index contributed by atoms with van der Waals surface area (Å²) in [7, 11) is 0. The van der Waals surface area contributed by atoms with Gasteiger partial charge in [-0.15, -0.1) is 5.10 Å². The maximum atomic E-state index is 13.6. The maximum Gasteiger partial charge on any atom is 0.246 e. The van der Waals surface area contributed by atoms with Gasteiger partial charge in [-0.2, -0.15) is 4.98 Å². The first-order valence-corrected chi connectivity index (χ1v) is 15.3. The summed E-state index contributed by atoms with van der Waals surface area (Å²) in [6.07, 6.45) is 8.84. The number of aromatic amines is 1. The van der Waals surface area contributed by atoms with E-state index in [0.717, 1.165) is 22.9 Å². The molecule has 7 nitrogen and oxygen atoms in total. The Morgan fingerprint density at radius 2 is 1.50 bits per heavy atom. The molecule has 236 valence electrons. The van der Waals surface area contributed by atoms with Crippen LogP contribution in [0.3, 0.4) is 0 Å². The summed E-state index contributed by atoms with van der Waals surface area (Å²) < 4.78 is 13.6. The first-order chi connectivity index (χ1) is 21.5. The van der Waals surface area contributed by atoms with Gasteiger partial charge < -0.3 is 10.6 Å². The fourth-order valence-electron chi connectivity index (χ4n) is 3.25. The van der Waals surface area contributed by atoms with Crippen molar-refractivity contribution in [2.45, 2.75) is 68.7 Å². The van der Waals surface area contributed by atoms with Crippen LogP contribution in [-0.4, -0.2) is 25.1 Å². The summed E-state index contributed by atoms with van der Waals surface area (Å²) >= 11 is 0. The Morgan fingerprint density at radius 1 is 0.886 bits per heavy atom. The molecule has 0 spiro atoms. The Morgan fingerprint density at radius 3 is 2.07 bits per heavy atom. The number of allylic oxidation sites excluding steroid dienone is 5. The Balaban J connectivity index is 0.00000187. The fraction of sp³-hybridized carbons (Fsp3) is 0.278. The molecule has 44 heavy (non-hydrogen) atoms. The van der Waals surface area contributed by atoms with Gasteiger partial charge in [0.25, 0.3) is 0 Å². The number of nitrogens with one attached hydrogen (secondary N) is 3. The second-order valence-corrected chi connectivity index (χ2v) is 8.16. The van der Waals surface area contributed by atoms with Crippen molar-refractivity contribution in [3.05, 3.63) is 115 Å². The molecule has 0 radical (unpaired) electrons. The summed E-state index contributed by atoms with van der Waals surface area (Å²) in [5.74, 6) is 1.08. The van der Waals surface area contributed by atoms with Gasteiger partial charge in [0, 0.05) is 34.9 Å². The summed E-state index contributed by atoms with van der Waals surface area (Å²) in [6, 6.07) is 17.4. The SMILES string of the molecule is C=C/C(F)=C\C(=C/C)c1cnc(Nc2cccc(C(=C)Nc3n[nH]c(-c4ccccc4)n3)c2)nc1.CC.CC.CC.CCC. The Labute approximate surface area is 264 Å². The predicted octanol–water partition coefficient (Wildman–Crippen LogP) is 11.0. The predicted molar refractivity (Wildman–Crippen MR) is 189 cm³/mol. The molecule has 4 rings (SSSR count). The Bertz CT molecular complexity index is 1410. The minimum Gasteiger partial charge on any atom is -0.324 e. The maximum absolute atomic E-state index is 13.6. The van der Waals surface area contributed by atoms with Gasteiger partial charge in [-0.1, -0.05) is 124 Å². The number of nitrogens with zero attached hydrogens (tertiary/aromatic N) is 4. The zero-order valence-corrected chi connectivity index (χ0v) is 27.9. The Kier molecular flexibility index (Phi) is 21.1. The summed E-state index contributed by atoms with van der Waals surface area (Å²) in [5, 5.41) is 13.4. The van der Waals surface area contributed by atoms with E-state index >= 15 is 0 Å². The largest absolute Gasteiger partial charge is 0.324 e. The molecule has 0 aliphatic heterocycles. The first-order valence-electron chi connectivity index (χ1n) is 15.3. The van der Waals surface area contributed by atoms with Gasteiger partial charge in [0.15, 0.2) is 5.82 Å². The average Bonchev–Trinajstić information content (AvgIpc) is 3.56. The number of H-pyrrole nitrogens is 1. The van der Waals surface area contributed by atoms with E-state index in [1.54, 1.807) is 18.5 Å². The van der Waals surface area contributed by atoms with E-state index in [1.165, 1.54) is 12.5 Å². The highest BCUT2D eigenvalue weighted by Gasteiger charge is 2.08. The third kappa shape index (κ3) is 13.4. The average molecular weight is 600 g/mol. The highest BCUT2D eigenvalue weighted by Crippen LogP contribution is 2.23. The minimum atomic E-state index is -0.424. The lowest BCUT2D eigenvalue weighted by molar-refractivity contribution is 0.668. The molecule has 0 atom stereocenters. The van der Waals surface area contributed by atoms with Crippen LogP contribution in [0.4, 0.5) is 22.0 Å². The van der Waals surface area contributed by atoms with E-state index in [2.05, 4.69) is 62.8 Å². The van der Waals surface area contributed by atoms with Crippen molar-refractivity contribution in [3.8, 4) is 11.4 Å².